The van der Waals surface area contributed by atoms with E-state index < -0.39 is 11.9 Å². The lowest BCUT2D eigenvalue weighted by Gasteiger charge is -2.15. The number of ether oxygens (including phenoxy) is 1. The van der Waals surface area contributed by atoms with E-state index in [1.807, 2.05) is 6.07 Å². The molecule has 0 aliphatic carbocycles. The molecule has 0 atom stereocenters. The zero-order chi connectivity index (χ0) is 19.8. The number of carbonyl (C=O) groups excluding carboxylic acids is 4. The van der Waals surface area contributed by atoms with Crippen molar-refractivity contribution in [1.82, 2.24) is 5.32 Å². The highest BCUT2D eigenvalue weighted by atomic mass is 16.6. The first kappa shape index (κ1) is 17.4. The number of imide groups is 1. The van der Waals surface area contributed by atoms with Crippen molar-refractivity contribution in [1.29, 1.82) is 0 Å². The minimum absolute atomic E-state index is 0.0223. The highest BCUT2D eigenvalue weighted by Gasteiger charge is 2.27. The molecule has 7 heteroatoms. The first-order chi connectivity index (χ1) is 13.4. The first-order valence-electron chi connectivity index (χ1n) is 8.38. The number of nitrogens with one attached hydrogen (secondary N) is 1. The summed E-state index contributed by atoms with van der Waals surface area (Å²) in [6.07, 6.45) is 0.307. The van der Waals surface area contributed by atoms with Crippen LogP contribution >= 0.6 is 0 Å². The van der Waals surface area contributed by atoms with Crippen molar-refractivity contribution in [3.05, 3.63) is 76.9 Å². The quantitative estimate of drug-likeness (QED) is 0.355. The fourth-order valence-corrected chi connectivity index (χ4v) is 3.24. The Balaban J connectivity index is 0.000000143. The monoisotopic (exact) mass is 375 g/mol. The lowest BCUT2D eigenvalue weighted by molar-refractivity contribution is -0.119. The Morgan fingerprint density at radius 1 is 0.821 bits per heavy atom. The predicted octanol–water partition coefficient (Wildman–Crippen LogP) is 2.36. The number of amides is 2. The van der Waals surface area contributed by atoms with Gasteiger partial charge in [0.25, 0.3) is 5.91 Å². The Morgan fingerprint density at radius 2 is 1.54 bits per heavy atom. The Kier molecular flexibility index (Phi) is 4.12. The van der Waals surface area contributed by atoms with Crippen LogP contribution in [0.1, 0.15) is 36.6 Å². The van der Waals surface area contributed by atoms with Crippen LogP contribution in [-0.4, -0.2) is 28.9 Å². The van der Waals surface area contributed by atoms with Crippen molar-refractivity contribution < 1.29 is 29.0 Å². The molecule has 7 nitrogen and oxygen atoms in total. The van der Waals surface area contributed by atoms with E-state index >= 15 is 0 Å². The molecule has 3 aromatic rings. The van der Waals surface area contributed by atoms with Gasteiger partial charge in [0.05, 0.1) is 17.5 Å². The van der Waals surface area contributed by atoms with Gasteiger partial charge in [0, 0.05) is 10.9 Å². The maximum Gasteiger partial charge on any atom is 0.346 e. The molecule has 0 unspecified atom stereocenters. The number of phenolic OH excluding ortho intramolecular Hbond substituents is 1. The van der Waals surface area contributed by atoms with Gasteiger partial charge in [-0.3, -0.25) is 14.9 Å². The van der Waals surface area contributed by atoms with Gasteiger partial charge in [-0.05, 0) is 35.2 Å². The minimum Gasteiger partial charge on any atom is -0.508 e. The summed E-state index contributed by atoms with van der Waals surface area (Å²) in [5.41, 5.74) is 2.00. The smallest absolute Gasteiger partial charge is 0.346 e. The van der Waals surface area contributed by atoms with Crippen LogP contribution in [-0.2, 0) is 16.0 Å². The Labute approximate surface area is 158 Å². The average molecular weight is 375 g/mol. The summed E-state index contributed by atoms with van der Waals surface area (Å²) in [5, 5.41) is 12.9. The number of benzene rings is 3. The maximum atomic E-state index is 11.5. The van der Waals surface area contributed by atoms with E-state index in [1.165, 1.54) is 12.1 Å². The fourth-order valence-electron chi connectivity index (χ4n) is 3.24. The molecule has 0 fully saturated rings. The normalized spacial score (nSPS) is 14.6. The zero-order valence-electron chi connectivity index (χ0n) is 14.4. The van der Waals surface area contributed by atoms with Gasteiger partial charge < -0.3 is 9.84 Å². The second-order valence-corrected chi connectivity index (χ2v) is 6.29. The third kappa shape index (κ3) is 2.99. The molecule has 0 spiro atoms. The van der Waals surface area contributed by atoms with E-state index in [4.69, 9.17) is 0 Å². The molecule has 0 saturated heterocycles. The van der Waals surface area contributed by atoms with Gasteiger partial charge >= 0.3 is 11.9 Å². The van der Waals surface area contributed by atoms with E-state index in [0.717, 1.165) is 5.56 Å². The van der Waals surface area contributed by atoms with Crippen LogP contribution in [0.3, 0.4) is 0 Å². The number of carbonyl (C=O) groups is 4. The summed E-state index contributed by atoms with van der Waals surface area (Å²) in [6.45, 7) is 0. The molecule has 5 rings (SSSR count). The van der Waals surface area contributed by atoms with E-state index in [2.05, 4.69) is 10.1 Å². The molecule has 0 radical (unpaired) electrons. The van der Waals surface area contributed by atoms with Gasteiger partial charge in [0.2, 0.25) is 5.91 Å². The molecule has 28 heavy (non-hydrogen) atoms. The molecule has 2 amide bonds. The minimum atomic E-state index is -0.718. The lowest BCUT2D eigenvalue weighted by atomic mass is 9.97. The molecule has 0 bridgehead atoms. The molecule has 2 aliphatic heterocycles. The van der Waals surface area contributed by atoms with Gasteiger partial charge in [-0.1, -0.05) is 30.3 Å². The maximum absolute atomic E-state index is 11.5. The van der Waals surface area contributed by atoms with Crippen molar-refractivity contribution in [2.75, 3.05) is 0 Å². The molecular weight excluding hydrogens is 362 g/mol. The van der Waals surface area contributed by atoms with Gasteiger partial charge in [-0.15, -0.1) is 0 Å². The number of fused-ring (bicyclic) bond motifs is 1. The lowest BCUT2D eigenvalue weighted by Crippen LogP contribution is -2.37. The second-order valence-electron chi connectivity index (χ2n) is 6.29. The summed E-state index contributed by atoms with van der Waals surface area (Å²) in [6, 6.07) is 14.9. The number of hydrogen-bond donors (Lipinski definition) is 2. The molecule has 2 aliphatic rings. The van der Waals surface area contributed by atoms with Crippen LogP contribution in [0.2, 0.25) is 0 Å². The predicted molar refractivity (Wildman–Crippen MR) is 98.0 cm³/mol. The van der Waals surface area contributed by atoms with Crippen LogP contribution < -0.4 is 5.32 Å². The van der Waals surface area contributed by atoms with Crippen molar-refractivity contribution in [3.8, 4) is 5.75 Å². The largest absolute Gasteiger partial charge is 0.508 e. The van der Waals surface area contributed by atoms with Gasteiger partial charge in [-0.25, -0.2) is 9.59 Å². The van der Waals surface area contributed by atoms with E-state index in [1.54, 1.807) is 36.4 Å². The van der Waals surface area contributed by atoms with Gasteiger partial charge in [0.15, 0.2) is 0 Å². The van der Waals surface area contributed by atoms with E-state index in [9.17, 15) is 24.3 Å². The fraction of sp³-hybridized carbons (Fsp3) is 0.0476. The van der Waals surface area contributed by atoms with E-state index in [0.29, 0.717) is 28.3 Å². The summed E-state index contributed by atoms with van der Waals surface area (Å²) in [7, 11) is 0. The number of hydrogen-bond acceptors (Lipinski definition) is 6. The van der Waals surface area contributed by atoms with Gasteiger partial charge in [0.1, 0.15) is 5.75 Å². The van der Waals surface area contributed by atoms with Crippen LogP contribution in [0.4, 0.5) is 0 Å². The number of aromatic hydroxyl groups is 1. The number of phenols is 1. The van der Waals surface area contributed by atoms with E-state index in [-0.39, 0.29) is 23.1 Å². The molecule has 138 valence electrons. The molecule has 2 N–H and O–H groups in total. The average Bonchev–Trinajstić information content (AvgIpc) is 2.66. The number of cyclic esters (lactones) is 2. The van der Waals surface area contributed by atoms with Crippen LogP contribution in [0, 0.1) is 0 Å². The summed E-state index contributed by atoms with van der Waals surface area (Å²) in [5.74, 6) is -1.90. The van der Waals surface area contributed by atoms with Crippen LogP contribution in [0.5, 0.6) is 5.75 Å². The summed E-state index contributed by atoms with van der Waals surface area (Å²) < 4.78 is 4.57. The summed E-state index contributed by atoms with van der Waals surface area (Å²) in [4.78, 5) is 45.0. The van der Waals surface area contributed by atoms with Crippen molar-refractivity contribution in [2.45, 2.75) is 6.42 Å². The van der Waals surface area contributed by atoms with Gasteiger partial charge in [-0.2, -0.15) is 0 Å². The third-order valence-electron chi connectivity index (χ3n) is 4.45. The molecular formula is C21H13NO6. The van der Waals surface area contributed by atoms with Crippen LogP contribution in [0.25, 0.3) is 10.8 Å². The summed E-state index contributed by atoms with van der Waals surface area (Å²) >= 11 is 0. The number of esters is 2. The first-order valence-corrected chi connectivity index (χ1v) is 8.38. The molecule has 3 aromatic carbocycles. The second kappa shape index (κ2) is 6.62. The topological polar surface area (TPSA) is 110 Å². The van der Waals surface area contributed by atoms with Crippen molar-refractivity contribution in [3.63, 3.8) is 0 Å². The van der Waals surface area contributed by atoms with Crippen molar-refractivity contribution >= 4 is 34.5 Å². The van der Waals surface area contributed by atoms with Crippen molar-refractivity contribution in [2.24, 2.45) is 0 Å². The SMILES string of the molecule is O=C1Cc2ccccc2C(=O)N1.O=C1OC(=O)c2cc(O)cc3cccc1c23. The molecule has 0 saturated carbocycles. The third-order valence-corrected chi connectivity index (χ3v) is 4.45. The Morgan fingerprint density at radius 3 is 2.36 bits per heavy atom. The number of rotatable bonds is 0. The van der Waals surface area contributed by atoms with Crippen LogP contribution in [0.15, 0.2) is 54.6 Å². The molecule has 2 heterocycles. The highest BCUT2D eigenvalue weighted by molar-refractivity contribution is 6.21. The highest BCUT2D eigenvalue weighted by Crippen LogP contribution is 2.31. The zero-order valence-corrected chi connectivity index (χ0v) is 14.4. The standard InChI is InChI=1S/C12H6O4.C9H7NO2/c13-7-4-6-2-1-3-8-10(6)9(5-7)12(15)16-11(8)14;11-8-5-6-3-1-2-4-7(6)9(12)10-8/h1-5,13H;1-4H,5H2,(H,10,11,12). The molecule has 0 aromatic heterocycles. The Bertz CT molecular complexity index is 1180. The Hall–Kier alpha value is -4.00.